The van der Waals surface area contributed by atoms with Gasteiger partial charge in [-0.05, 0) is 59.7 Å². The summed E-state index contributed by atoms with van der Waals surface area (Å²) in [6, 6.07) is 11.7. The maximum absolute atomic E-state index is 13.0. The molecule has 0 spiro atoms. The van der Waals surface area contributed by atoms with Crippen molar-refractivity contribution in [3.8, 4) is 22.3 Å². The average molecular weight is 290 g/mol. The van der Waals surface area contributed by atoms with E-state index in [2.05, 4.69) is 34.2 Å². The standard InChI is InChI=1S/C19H15FN2/c20-19-7-5-16(11-22-19)14-4-6-17-15(10-14)3-1-2-13-8-9-21-12-18(13)17/h4-12H,1-3H2. The number of nitrogens with zero attached hydrogens (tertiary/aromatic N) is 2. The molecule has 0 radical (unpaired) electrons. The molecule has 108 valence electrons. The third-order valence-corrected chi connectivity index (χ3v) is 4.26. The van der Waals surface area contributed by atoms with Gasteiger partial charge in [-0.25, -0.2) is 4.98 Å². The molecule has 0 bridgehead atoms. The minimum Gasteiger partial charge on any atom is -0.264 e. The van der Waals surface area contributed by atoms with E-state index in [-0.39, 0.29) is 0 Å². The fourth-order valence-corrected chi connectivity index (χ4v) is 3.14. The summed E-state index contributed by atoms with van der Waals surface area (Å²) in [6.45, 7) is 0. The fourth-order valence-electron chi connectivity index (χ4n) is 3.14. The van der Waals surface area contributed by atoms with Crippen LogP contribution in [0.1, 0.15) is 17.5 Å². The highest BCUT2D eigenvalue weighted by Crippen LogP contribution is 2.34. The number of aromatic nitrogens is 2. The first-order valence-corrected chi connectivity index (χ1v) is 7.49. The van der Waals surface area contributed by atoms with Crippen molar-refractivity contribution in [1.82, 2.24) is 9.97 Å². The highest BCUT2D eigenvalue weighted by Gasteiger charge is 2.15. The molecule has 1 aliphatic carbocycles. The van der Waals surface area contributed by atoms with Crippen molar-refractivity contribution in [3.05, 3.63) is 72.1 Å². The van der Waals surface area contributed by atoms with Gasteiger partial charge >= 0.3 is 0 Å². The van der Waals surface area contributed by atoms with E-state index < -0.39 is 5.95 Å². The highest BCUT2D eigenvalue weighted by atomic mass is 19.1. The molecule has 0 N–H and O–H groups in total. The second-order valence-electron chi connectivity index (χ2n) is 5.63. The predicted octanol–water partition coefficient (Wildman–Crippen LogP) is 4.44. The molecule has 0 atom stereocenters. The van der Waals surface area contributed by atoms with Crippen LogP contribution >= 0.6 is 0 Å². The maximum Gasteiger partial charge on any atom is 0.212 e. The molecule has 4 rings (SSSR count). The van der Waals surface area contributed by atoms with Crippen LogP contribution in [0.5, 0.6) is 0 Å². The summed E-state index contributed by atoms with van der Waals surface area (Å²) in [5.74, 6) is -0.446. The van der Waals surface area contributed by atoms with Crippen molar-refractivity contribution < 1.29 is 4.39 Å². The van der Waals surface area contributed by atoms with E-state index in [1.165, 1.54) is 28.3 Å². The van der Waals surface area contributed by atoms with Crippen LogP contribution in [0.15, 0.2) is 55.0 Å². The number of hydrogen-bond donors (Lipinski definition) is 0. The third kappa shape index (κ3) is 2.29. The smallest absolute Gasteiger partial charge is 0.212 e. The van der Waals surface area contributed by atoms with Crippen molar-refractivity contribution in [3.63, 3.8) is 0 Å². The summed E-state index contributed by atoms with van der Waals surface area (Å²) in [4.78, 5) is 8.02. The molecule has 0 aliphatic heterocycles. The average Bonchev–Trinajstić information content (AvgIpc) is 2.74. The van der Waals surface area contributed by atoms with E-state index in [4.69, 9.17) is 0 Å². The number of hydrogen-bond acceptors (Lipinski definition) is 2. The Morgan fingerprint density at radius 2 is 1.68 bits per heavy atom. The van der Waals surface area contributed by atoms with Crippen molar-refractivity contribution in [1.29, 1.82) is 0 Å². The number of aryl methyl sites for hydroxylation is 2. The Labute approximate surface area is 128 Å². The predicted molar refractivity (Wildman–Crippen MR) is 84.9 cm³/mol. The van der Waals surface area contributed by atoms with Crippen LogP contribution in [-0.4, -0.2) is 9.97 Å². The SMILES string of the molecule is Fc1ccc(-c2ccc3c(c2)CCCc2ccncc2-3)cn1. The molecule has 22 heavy (non-hydrogen) atoms. The van der Waals surface area contributed by atoms with E-state index >= 15 is 0 Å². The lowest BCUT2D eigenvalue weighted by Crippen LogP contribution is -1.91. The molecule has 3 aromatic rings. The largest absolute Gasteiger partial charge is 0.264 e. The Balaban J connectivity index is 1.83. The quantitative estimate of drug-likeness (QED) is 0.619. The zero-order valence-electron chi connectivity index (χ0n) is 12.1. The molecule has 0 saturated carbocycles. The van der Waals surface area contributed by atoms with E-state index in [1.54, 1.807) is 12.3 Å². The zero-order chi connectivity index (χ0) is 14.9. The zero-order valence-corrected chi connectivity index (χ0v) is 12.1. The minimum atomic E-state index is -0.446. The van der Waals surface area contributed by atoms with E-state index in [0.717, 1.165) is 30.4 Å². The maximum atomic E-state index is 13.0. The highest BCUT2D eigenvalue weighted by molar-refractivity contribution is 5.75. The number of pyridine rings is 2. The van der Waals surface area contributed by atoms with Crippen LogP contribution in [0.25, 0.3) is 22.3 Å². The van der Waals surface area contributed by atoms with Crippen LogP contribution in [0.2, 0.25) is 0 Å². The van der Waals surface area contributed by atoms with Crippen molar-refractivity contribution in [2.45, 2.75) is 19.3 Å². The first kappa shape index (κ1) is 13.1. The van der Waals surface area contributed by atoms with Gasteiger partial charge in [0.2, 0.25) is 5.95 Å². The Kier molecular flexibility index (Phi) is 3.19. The van der Waals surface area contributed by atoms with E-state index in [1.807, 2.05) is 12.4 Å². The minimum absolute atomic E-state index is 0.446. The first-order chi connectivity index (χ1) is 10.8. The van der Waals surface area contributed by atoms with E-state index in [0.29, 0.717) is 0 Å². The van der Waals surface area contributed by atoms with Gasteiger partial charge in [0, 0.05) is 29.7 Å². The molecule has 0 unspecified atom stereocenters. The second kappa shape index (κ2) is 5.34. The number of benzene rings is 1. The summed E-state index contributed by atoms with van der Waals surface area (Å²) in [5, 5.41) is 0. The topological polar surface area (TPSA) is 25.8 Å². The number of rotatable bonds is 1. The van der Waals surface area contributed by atoms with Gasteiger partial charge in [0.05, 0.1) is 0 Å². The summed E-state index contributed by atoms with van der Waals surface area (Å²) in [6.07, 6.45) is 8.67. The van der Waals surface area contributed by atoms with Gasteiger partial charge in [0.1, 0.15) is 0 Å². The first-order valence-electron chi connectivity index (χ1n) is 7.49. The molecule has 0 fully saturated rings. The van der Waals surface area contributed by atoms with Crippen molar-refractivity contribution >= 4 is 0 Å². The van der Waals surface area contributed by atoms with Gasteiger partial charge in [0.25, 0.3) is 0 Å². The molecule has 0 amide bonds. The van der Waals surface area contributed by atoms with Crippen molar-refractivity contribution in [2.24, 2.45) is 0 Å². The molecule has 1 aromatic carbocycles. The van der Waals surface area contributed by atoms with Crippen LogP contribution < -0.4 is 0 Å². The summed E-state index contributed by atoms with van der Waals surface area (Å²) >= 11 is 0. The Morgan fingerprint density at radius 3 is 2.55 bits per heavy atom. The van der Waals surface area contributed by atoms with Crippen LogP contribution in [0.3, 0.4) is 0 Å². The number of halogens is 1. The number of fused-ring (bicyclic) bond motifs is 3. The van der Waals surface area contributed by atoms with Gasteiger partial charge in [-0.3, -0.25) is 4.98 Å². The Hall–Kier alpha value is -2.55. The third-order valence-electron chi connectivity index (χ3n) is 4.26. The summed E-state index contributed by atoms with van der Waals surface area (Å²) < 4.78 is 13.0. The lowest BCUT2D eigenvalue weighted by molar-refractivity contribution is 0.584. The van der Waals surface area contributed by atoms with Crippen LogP contribution in [0, 0.1) is 5.95 Å². The Morgan fingerprint density at radius 1 is 0.818 bits per heavy atom. The molecule has 3 heteroatoms. The summed E-state index contributed by atoms with van der Waals surface area (Å²) in [7, 11) is 0. The molecule has 2 heterocycles. The Bertz CT molecular complexity index is 825. The van der Waals surface area contributed by atoms with Crippen LogP contribution in [0.4, 0.5) is 4.39 Å². The normalized spacial score (nSPS) is 13.1. The lowest BCUT2D eigenvalue weighted by Gasteiger charge is -2.11. The summed E-state index contributed by atoms with van der Waals surface area (Å²) in [5.41, 5.74) is 7.22. The molecular weight excluding hydrogens is 275 g/mol. The molecular formula is C19H15FN2. The second-order valence-corrected chi connectivity index (χ2v) is 5.63. The molecule has 2 nitrogen and oxygen atoms in total. The molecule has 1 aliphatic rings. The van der Waals surface area contributed by atoms with E-state index in [9.17, 15) is 4.39 Å². The molecule has 0 saturated heterocycles. The van der Waals surface area contributed by atoms with Gasteiger partial charge in [-0.1, -0.05) is 18.2 Å². The van der Waals surface area contributed by atoms with Gasteiger partial charge in [0.15, 0.2) is 0 Å². The van der Waals surface area contributed by atoms with Crippen LogP contribution in [-0.2, 0) is 12.8 Å². The van der Waals surface area contributed by atoms with Crippen molar-refractivity contribution in [2.75, 3.05) is 0 Å². The lowest BCUT2D eigenvalue weighted by atomic mass is 9.95. The van der Waals surface area contributed by atoms with Gasteiger partial charge in [-0.15, -0.1) is 0 Å². The fraction of sp³-hybridized carbons (Fsp3) is 0.158. The van der Waals surface area contributed by atoms with Gasteiger partial charge < -0.3 is 0 Å². The monoisotopic (exact) mass is 290 g/mol. The van der Waals surface area contributed by atoms with Gasteiger partial charge in [-0.2, -0.15) is 4.39 Å². The molecule has 2 aromatic heterocycles.